The Labute approximate surface area is 169 Å². The van der Waals surface area contributed by atoms with Crippen LogP contribution >= 0.6 is 23.1 Å². The molecule has 0 saturated carbocycles. The number of aromatic amines is 1. The summed E-state index contributed by atoms with van der Waals surface area (Å²) >= 11 is 2.39. The number of aliphatic hydroxyl groups excluding tert-OH is 1. The van der Waals surface area contributed by atoms with Gasteiger partial charge in [-0.25, -0.2) is 14.4 Å². The van der Waals surface area contributed by atoms with E-state index in [0.717, 1.165) is 17.8 Å². The van der Waals surface area contributed by atoms with Crippen LogP contribution in [-0.4, -0.2) is 37.7 Å². The smallest absolute Gasteiger partial charge is 0.306 e. The lowest BCUT2D eigenvalue weighted by atomic mass is 10.0. The minimum atomic E-state index is -0.388. The Bertz CT molecular complexity index is 990. The van der Waals surface area contributed by atoms with Gasteiger partial charge in [0.05, 0.1) is 29.8 Å². The number of halogens is 1. The van der Waals surface area contributed by atoms with Gasteiger partial charge in [0.15, 0.2) is 16.6 Å². The van der Waals surface area contributed by atoms with Crippen molar-refractivity contribution in [2.45, 2.75) is 43.6 Å². The molecule has 0 saturated heterocycles. The van der Waals surface area contributed by atoms with Gasteiger partial charge in [-0.3, -0.25) is 14.8 Å². The molecule has 0 radical (unpaired) electrons. The van der Waals surface area contributed by atoms with Crippen molar-refractivity contribution in [3.63, 3.8) is 0 Å². The number of hydrogen-bond donors (Lipinski definition) is 3. The first-order valence-electron chi connectivity index (χ1n) is 8.92. The lowest BCUT2D eigenvalue weighted by Gasteiger charge is -2.19. The lowest BCUT2D eigenvalue weighted by Crippen LogP contribution is -2.26. The number of hydrogen-bond acceptors (Lipinski definition) is 8. The molecule has 3 heterocycles. The average Bonchev–Trinajstić information content (AvgIpc) is 3.01. The van der Waals surface area contributed by atoms with E-state index in [0.29, 0.717) is 32.9 Å². The molecule has 10 heteroatoms. The van der Waals surface area contributed by atoms with Crippen molar-refractivity contribution in [1.82, 2.24) is 19.9 Å². The SMILES string of the molecule is CC(C)C[C@H](CO)Nc1nc(S[C@@H](C)c2ccc(F)cn2)nc2[nH]c(=O)sc12. The van der Waals surface area contributed by atoms with Crippen molar-refractivity contribution in [3.8, 4) is 0 Å². The summed E-state index contributed by atoms with van der Waals surface area (Å²) in [6.45, 7) is 6.04. The summed E-state index contributed by atoms with van der Waals surface area (Å²) in [4.78, 5) is 27.4. The molecule has 3 N–H and O–H groups in total. The number of fused-ring (bicyclic) bond motifs is 1. The molecule has 0 spiro atoms. The van der Waals surface area contributed by atoms with E-state index in [2.05, 4.69) is 39.1 Å². The fourth-order valence-corrected chi connectivity index (χ4v) is 4.36. The molecule has 0 aliphatic rings. The molecular formula is C18H22FN5O2S2. The first-order chi connectivity index (χ1) is 13.4. The number of thioether (sulfide) groups is 1. The van der Waals surface area contributed by atoms with E-state index in [4.69, 9.17) is 0 Å². The number of nitrogens with zero attached hydrogens (tertiary/aromatic N) is 3. The fraction of sp³-hybridized carbons (Fsp3) is 0.444. The Balaban J connectivity index is 1.90. The summed E-state index contributed by atoms with van der Waals surface area (Å²) in [5.41, 5.74) is 1.16. The molecule has 0 fully saturated rings. The Morgan fingerprint density at radius 3 is 2.75 bits per heavy atom. The summed E-state index contributed by atoms with van der Waals surface area (Å²) in [5.74, 6) is 0.529. The third kappa shape index (κ3) is 5.06. The maximum atomic E-state index is 13.1. The highest BCUT2D eigenvalue weighted by Crippen LogP contribution is 2.34. The molecule has 28 heavy (non-hydrogen) atoms. The largest absolute Gasteiger partial charge is 0.394 e. The van der Waals surface area contributed by atoms with Gasteiger partial charge < -0.3 is 10.4 Å². The van der Waals surface area contributed by atoms with E-state index in [9.17, 15) is 14.3 Å². The van der Waals surface area contributed by atoms with E-state index in [1.807, 2.05) is 6.92 Å². The van der Waals surface area contributed by atoms with Gasteiger partial charge in [0.25, 0.3) is 0 Å². The lowest BCUT2D eigenvalue weighted by molar-refractivity contribution is 0.259. The molecule has 2 atom stereocenters. The molecule has 150 valence electrons. The number of rotatable bonds is 8. The minimum Gasteiger partial charge on any atom is -0.394 e. The van der Waals surface area contributed by atoms with Crippen LogP contribution in [0.25, 0.3) is 10.3 Å². The van der Waals surface area contributed by atoms with Crippen LogP contribution in [0, 0.1) is 11.7 Å². The van der Waals surface area contributed by atoms with Crippen LogP contribution in [0.5, 0.6) is 0 Å². The third-order valence-corrected chi connectivity index (χ3v) is 5.89. The number of aliphatic hydroxyl groups is 1. The van der Waals surface area contributed by atoms with Crippen molar-refractivity contribution < 1.29 is 9.50 Å². The molecule has 7 nitrogen and oxygen atoms in total. The van der Waals surface area contributed by atoms with Gasteiger partial charge in [-0.1, -0.05) is 36.9 Å². The van der Waals surface area contributed by atoms with Crippen LogP contribution in [0.2, 0.25) is 0 Å². The Morgan fingerprint density at radius 2 is 2.11 bits per heavy atom. The topological polar surface area (TPSA) is 104 Å². The predicted octanol–water partition coefficient (Wildman–Crippen LogP) is 3.59. The summed E-state index contributed by atoms with van der Waals surface area (Å²) in [6, 6.07) is 2.82. The molecule has 0 bridgehead atoms. The van der Waals surface area contributed by atoms with Crippen LogP contribution in [0.3, 0.4) is 0 Å². The number of H-pyrrole nitrogens is 1. The van der Waals surface area contributed by atoms with Crippen LogP contribution in [0.15, 0.2) is 28.3 Å². The summed E-state index contributed by atoms with van der Waals surface area (Å²) < 4.78 is 13.7. The van der Waals surface area contributed by atoms with Gasteiger partial charge in [0, 0.05) is 0 Å². The quantitative estimate of drug-likeness (QED) is 0.376. The monoisotopic (exact) mass is 423 g/mol. The second-order valence-electron chi connectivity index (χ2n) is 6.86. The zero-order valence-corrected chi connectivity index (χ0v) is 17.4. The van der Waals surface area contributed by atoms with Crippen molar-refractivity contribution in [2.75, 3.05) is 11.9 Å². The van der Waals surface area contributed by atoms with Crippen LogP contribution in [0.4, 0.5) is 10.2 Å². The molecule has 3 rings (SSSR count). The van der Waals surface area contributed by atoms with Crippen LogP contribution < -0.4 is 10.2 Å². The maximum absolute atomic E-state index is 13.1. The summed E-state index contributed by atoms with van der Waals surface area (Å²) in [7, 11) is 0. The summed E-state index contributed by atoms with van der Waals surface area (Å²) in [6.07, 6.45) is 1.94. The predicted molar refractivity (Wildman–Crippen MR) is 110 cm³/mol. The number of aromatic nitrogens is 4. The number of nitrogens with one attached hydrogen (secondary N) is 2. The van der Waals surface area contributed by atoms with E-state index >= 15 is 0 Å². The van der Waals surface area contributed by atoms with Crippen LogP contribution in [0.1, 0.15) is 38.1 Å². The van der Waals surface area contributed by atoms with E-state index in [1.54, 1.807) is 6.07 Å². The highest BCUT2D eigenvalue weighted by molar-refractivity contribution is 7.99. The maximum Gasteiger partial charge on any atom is 0.306 e. The zero-order valence-electron chi connectivity index (χ0n) is 15.8. The first kappa shape index (κ1) is 20.7. The molecule has 3 aromatic rings. The van der Waals surface area contributed by atoms with Crippen molar-refractivity contribution in [3.05, 3.63) is 39.5 Å². The molecule has 0 amide bonds. The van der Waals surface area contributed by atoms with Gasteiger partial charge in [0.2, 0.25) is 0 Å². The Morgan fingerprint density at radius 1 is 1.32 bits per heavy atom. The van der Waals surface area contributed by atoms with E-state index in [1.165, 1.54) is 24.0 Å². The van der Waals surface area contributed by atoms with Crippen molar-refractivity contribution in [1.29, 1.82) is 0 Å². The Kier molecular flexibility index (Phi) is 6.63. The number of anilines is 1. The van der Waals surface area contributed by atoms with Gasteiger partial charge in [0.1, 0.15) is 10.5 Å². The first-order valence-corrected chi connectivity index (χ1v) is 10.6. The standard InChI is InChI=1S/C18H22FN5O2S2/c1-9(2)6-12(8-25)21-15-14-16(24-18(26)28-14)23-17(22-15)27-10(3)13-5-4-11(19)7-20-13/h4-5,7,9-10,12,25H,6,8H2,1-3H3,(H2,21,22,23,24,26)/t10-,12+/m0/s1. The zero-order chi connectivity index (χ0) is 20.3. The van der Waals surface area contributed by atoms with Gasteiger partial charge in [-0.15, -0.1) is 0 Å². The van der Waals surface area contributed by atoms with E-state index in [-0.39, 0.29) is 28.6 Å². The van der Waals surface area contributed by atoms with Gasteiger partial charge in [-0.05, 0) is 31.4 Å². The number of thiazole rings is 1. The van der Waals surface area contributed by atoms with E-state index < -0.39 is 0 Å². The minimum absolute atomic E-state index is 0.0403. The normalized spacial score (nSPS) is 13.8. The molecule has 3 aromatic heterocycles. The molecular weight excluding hydrogens is 401 g/mol. The second kappa shape index (κ2) is 8.97. The molecule has 0 aliphatic carbocycles. The summed E-state index contributed by atoms with van der Waals surface area (Å²) in [5, 5.41) is 13.3. The average molecular weight is 424 g/mol. The second-order valence-corrected chi connectivity index (χ2v) is 9.15. The van der Waals surface area contributed by atoms with Crippen molar-refractivity contribution in [2.24, 2.45) is 5.92 Å². The highest BCUT2D eigenvalue weighted by Gasteiger charge is 2.18. The van der Waals surface area contributed by atoms with Crippen molar-refractivity contribution >= 4 is 39.3 Å². The van der Waals surface area contributed by atoms with Gasteiger partial charge >= 0.3 is 4.87 Å². The van der Waals surface area contributed by atoms with Crippen LogP contribution in [-0.2, 0) is 0 Å². The molecule has 0 aliphatic heterocycles. The van der Waals surface area contributed by atoms with Gasteiger partial charge in [-0.2, -0.15) is 0 Å². The third-order valence-electron chi connectivity index (χ3n) is 4.03. The Hall–Kier alpha value is -2.04. The fourth-order valence-electron chi connectivity index (χ4n) is 2.76. The molecule has 0 unspecified atom stereocenters. The molecule has 0 aromatic carbocycles. The highest BCUT2D eigenvalue weighted by atomic mass is 32.2. The number of pyridine rings is 1.